The van der Waals surface area contributed by atoms with Gasteiger partial charge in [-0.05, 0) is 77.6 Å². The molecule has 4 aromatic rings. The van der Waals surface area contributed by atoms with E-state index in [9.17, 15) is 26.3 Å². The van der Waals surface area contributed by atoms with E-state index in [1.807, 2.05) is 17.0 Å². The smallest absolute Gasteiger partial charge is 0.406 e. The van der Waals surface area contributed by atoms with Crippen molar-refractivity contribution in [2.45, 2.75) is 51.4 Å². The first-order chi connectivity index (χ1) is 19.9. The zero-order valence-electron chi connectivity index (χ0n) is 22.7. The van der Waals surface area contributed by atoms with Gasteiger partial charge in [-0.3, -0.25) is 4.98 Å². The Balaban J connectivity index is 1.60. The fourth-order valence-corrected chi connectivity index (χ4v) is 5.26. The molecule has 42 heavy (non-hydrogen) atoms. The fraction of sp³-hybridized carbons (Fsp3) is 0.357. The van der Waals surface area contributed by atoms with Crippen molar-refractivity contribution in [1.29, 1.82) is 0 Å². The summed E-state index contributed by atoms with van der Waals surface area (Å²) in [6, 6.07) is 11.4. The molecule has 1 atom stereocenters. The molecule has 0 bridgehead atoms. The number of alkyl halides is 6. The molecule has 222 valence electrons. The number of pyridine rings is 1. The summed E-state index contributed by atoms with van der Waals surface area (Å²) in [6.07, 6.45) is -5.04. The fourth-order valence-electron chi connectivity index (χ4n) is 5.26. The van der Waals surface area contributed by atoms with E-state index < -0.39 is 24.1 Å². The number of rotatable bonds is 7. The highest BCUT2D eigenvalue weighted by Crippen LogP contribution is 2.44. The van der Waals surface area contributed by atoms with E-state index in [0.29, 0.717) is 42.7 Å². The van der Waals surface area contributed by atoms with Crippen LogP contribution in [-0.2, 0) is 26.3 Å². The minimum atomic E-state index is -4.86. The molecule has 14 heteroatoms. The predicted molar refractivity (Wildman–Crippen MR) is 142 cm³/mol. The lowest BCUT2D eigenvalue weighted by Crippen LogP contribution is -2.30. The number of ether oxygens (including phenoxy) is 1. The van der Waals surface area contributed by atoms with Crippen molar-refractivity contribution >= 4 is 11.6 Å². The minimum Gasteiger partial charge on any atom is -0.406 e. The van der Waals surface area contributed by atoms with Crippen LogP contribution in [-0.4, -0.2) is 38.1 Å². The van der Waals surface area contributed by atoms with Crippen molar-refractivity contribution in [1.82, 2.24) is 25.2 Å². The standard InChI is InChI=1S/C28H27F6N7O/c1-18-13-22-24(7-4-12-40(16-19-8-10-35-11-9-19)25(22)15-23(18)27(29,30)31)41(26-36-38-39(2)37-26)17-20-5-3-6-21(14-20)42-28(32,33)34/h3,5-6,8-11,13-15,24H,4,7,12,16-17H2,1-2H3/t24-/m0/s1. The SMILES string of the molecule is Cc1cc2c(cc1C(F)(F)F)N(Cc1ccncc1)CCC[C@@H]2N(Cc1cccc(OC(F)(F)F)c1)c1nnn(C)n1. The lowest BCUT2D eigenvalue weighted by Gasteiger charge is -2.33. The van der Waals surface area contributed by atoms with E-state index in [4.69, 9.17) is 0 Å². The van der Waals surface area contributed by atoms with Crippen LogP contribution in [0.5, 0.6) is 5.75 Å². The molecular formula is C28H27F6N7O. The van der Waals surface area contributed by atoms with Gasteiger partial charge in [-0.15, -0.1) is 18.3 Å². The number of fused-ring (bicyclic) bond motifs is 1. The number of nitrogens with zero attached hydrogens (tertiary/aromatic N) is 7. The highest BCUT2D eigenvalue weighted by molar-refractivity contribution is 5.62. The van der Waals surface area contributed by atoms with E-state index >= 15 is 0 Å². The van der Waals surface area contributed by atoms with Crippen LogP contribution >= 0.6 is 0 Å². The highest BCUT2D eigenvalue weighted by atomic mass is 19.4. The number of aromatic nitrogens is 5. The number of hydrogen-bond acceptors (Lipinski definition) is 7. The monoisotopic (exact) mass is 591 g/mol. The second kappa shape index (κ2) is 11.5. The zero-order chi connectivity index (χ0) is 30.1. The van der Waals surface area contributed by atoms with Crippen molar-refractivity contribution in [2.24, 2.45) is 7.05 Å². The molecule has 0 N–H and O–H groups in total. The summed E-state index contributed by atoms with van der Waals surface area (Å²) < 4.78 is 85.0. The van der Waals surface area contributed by atoms with E-state index in [1.54, 1.807) is 36.5 Å². The number of benzene rings is 2. The van der Waals surface area contributed by atoms with E-state index in [-0.39, 0.29) is 23.8 Å². The first-order valence-electron chi connectivity index (χ1n) is 13.1. The predicted octanol–water partition coefficient (Wildman–Crippen LogP) is 6.38. The number of hydrogen-bond donors (Lipinski definition) is 0. The van der Waals surface area contributed by atoms with Gasteiger partial charge in [-0.1, -0.05) is 23.3 Å². The average Bonchev–Trinajstić information content (AvgIpc) is 3.26. The lowest BCUT2D eigenvalue weighted by molar-refractivity contribution is -0.274. The summed E-state index contributed by atoms with van der Waals surface area (Å²) >= 11 is 0. The Labute approximate surface area is 237 Å². The van der Waals surface area contributed by atoms with E-state index in [1.165, 1.54) is 36.0 Å². The second-order valence-corrected chi connectivity index (χ2v) is 10.1. The summed E-state index contributed by atoms with van der Waals surface area (Å²) in [5, 5.41) is 12.4. The zero-order valence-corrected chi connectivity index (χ0v) is 22.7. The molecule has 0 unspecified atom stereocenters. The molecule has 0 aliphatic carbocycles. The van der Waals surface area contributed by atoms with Gasteiger partial charge in [0.15, 0.2) is 0 Å². The highest BCUT2D eigenvalue weighted by Gasteiger charge is 2.37. The largest absolute Gasteiger partial charge is 0.573 e. The third-order valence-electron chi connectivity index (χ3n) is 7.02. The average molecular weight is 592 g/mol. The third-order valence-corrected chi connectivity index (χ3v) is 7.02. The maximum atomic E-state index is 14.1. The number of anilines is 2. The third kappa shape index (κ3) is 6.74. The Kier molecular flexibility index (Phi) is 7.97. The molecule has 2 aromatic carbocycles. The molecular weight excluding hydrogens is 564 g/mol. The van der Waals surface area contributed by atoms with Crippen molar-refractivity contribution in [3.8, 4) is 5.75 Å². The molecule has 0 fully saturated rings. The van der Waals surface area contributed by atoms with Gasteiger partial charge < -0.3 is 14.5 Å². The van der Waals surface area contributed by atoms with E-state index in [2.05, 4.69) is 25.1 Å². The van der Waals surface area contributed by atoms with Crippen molar-refractivity contribution in [2.75, 3.05) is 16.3 Å². The van der Waals surface area contributed by atoms with Crippen LogP contribution in [0.1, 0.15) is 46.7 Å². The first kappa shape index (κ1) is 29.1. The van der Waals surface area contributed by atoms with Gasteiger partial charge in [0.05, 0.1) is 18.7 Å². The summed E-state index contributed by atoms with van der Waals surface area (Å²) in [6.45, 7) is 2.31. The first-order valence-corrected chi connectivity index (χ1v) is 13.1. The van der Waals surface area contributed by atoms with Gasteiger partial charge in [0.1, 0.15) is 5.75 Å². The Morgan fingerprint density at radius 3 is 2.43 bits per heavy atom. The van der Waals surface area contributed by atoms with Gasteiger partial charge in [0.2, 0.25) is 0 Å². The van der Waals surface area contributed by atoms with Crippen LogP contribution < -0.4 is 14.5 Å². The Morgan fingerprint density at radius 1 is 1.00 bits per heavy atom. The van der Waals surface area contributed by atoms with E-state index in [0.717, 1.165) is 5.56 Å². The van der Waals surface area contributed by atoms with Crippen LogP contribution in [0.25, 0.3) is 0 Å². The van der Waals surface area contributed by atoms with Crippen molar-refractivity contribution in [3.63, 3.8) is 0 Å². The summed E-state index contributed by atoms with van der Waals surface area (Å²) in [7, 11) is 1.57. The molecule has 5 rings (SSSR count). The molecule has 0 saturated heterocycles. The van der Waals surface area contributed by atoms with Crippen LogP contribution in [0.2, 0.25) is 0 Å². The second-order valence-electron chi connectivity index (χ2n) is 10.1. The van der Waals surface area contributed by atoms with Crippen molar-refractivity contribution < 1.29 is 31.1 Å². The molecule has 0 spiro atoms. The van der Waals surface area contributed by atoms with Crippen LogP contribution in [0.4, 0.5) is 38.0 Å². The Bertz CT molecular complexity index is 1520. The molecule has 0 radical (unpaired) electrons. The maximum Gasteiger partial charge on any atom is 0.573 e. The Hall–Kier alpha value is -4.36. The molecule has 8 nitrogen and oxygen atoms in total. The van der Waals surface area contributed by atoms with Gasteiger partial charge >= 0.3 is 12.5 Å². The molecule has 2 aromatic heterocycles. The van der Waals surface area contributed by atoms with Gasteiger partial charge in [0.25, 0.3) is 5.95 Å². The maximum absolute atomic E-state index is 14.1. The number of tetrazole rings is 1. The minimum absolute atomic E-state index is 0.0509. The summed E-state index contributed by atoms with van der Waals surface area (Å²) in [4.78, 5) is 8.96. The number of aryl methyl sites for hydroxylation is 2. The summed E-state index contributed by atoms with van der Waals surface area (Å²) in [5.74, 6) is -0.196. The molecule has 1 aliphatic rings. The molecule has 1 aliphatic heterocycles. The quantitative estimate of drug-likeness (QED) is 0.231. The van der Waals surface area contributed by atoms with Gasteiger partial charge in [0, 0.05) is 37.7 Å². The van der Waals surface area contributed by atoms with Crippen LogP contribution in [0.3, 0.4) is 0 Å². The van der Waals surface area contributed by atoms with Crippen LogP contribution in [0.15, 0.2) is 60.9 Å². The lowest BCUT2D eigenvalue weighted by atomic mass is 9.94. The Morgan fingerprint density at radius 2 is 1.76 bits per heavy atom. The van der Waals surface area contributed by atoms with Crippen LogP contribution in [0, 0.1) is 6.92 Å². The molecule has 0 saturated carbocycles. The topological polar surface area (TPSA) is 72.2 Å². The number of halogens is 6. The molecule has 3 heterocycles. The van der Waals surface area contributed by atoms with Gasteiger partial charge in [-0.2, -0.15) is 18.0 Å². The van der Waals surface area contributed by atoms with Gasteiger partial charge in [-0.25, -0.2) is 0 Å². The summed E-state index contributed by atoms with van der Waals surface area (Å²) in [5.41, 5.74) is 1.72. The van der Waals surface area contributed by atoms with Crippen molar-refractivity contribution in [3.05, 3.63) is 88.7 Å². The normalized spacial score (nSPS) is 15.7. The molecule has 0 amide bonds.